The molecule has 1 aliphatic heterocycles. The maximum atomic E-state index is 12.1. The number of fused-ring (bicyclic) bond motifs is 1. The third-order valence-corrected chi connectivity index (χ3v) is 3.80. The van der Waals surface area contributed by atoms with Gasteiger partial charge in [0.05, 0.1) is 13.2 Å². The van der Waals surface area contributed by atoms with E-state index in [4.69, 9.17) is 14.2 Å². The lowest BCUT2D eigenvalue weighted by atomic mass is 10.1. The highest BCUT2D eigenvalue weighted by molar-refractivity contribution is 5.92. The van der Waals surface area contributed by atoms with E-state index in [0.717, 1.165) is 22.6 Å². The second-order valence-corrected chi connectivity index (χ2v) is 5.45. The summed E-state index contributed by atoms with van der Waals surface area (Å²) in [7, 11) is 1.62. The van der Waals surface area contributed by atoms with Crippen LogP contribution in [0.2, 0.25) is 0 Å². The van der Waals surface area contributed by atoms with Gasteiger partial charge in [-0.3, -0.25) is 4.79 Å². The standard InChI is InChI=1S/C19H19NO4/c1-13(15-6-9-17-18(11-15)24-12-23-17)20-19(21)10-5-14-3-7-16(22-2)8-4-14/h3-11,13H,12H2,1-2H3,(H,20,21)/b10-5+. The summed E-state index contributed by atoms with van der Waals surface area (Å²) in [6.07, 6.45) is 3.28. The molecule has 1 aliphatic rings. The highest BCUT2D eigenvalue weighted by Crippen LogP contribution is 2.34. The molecule has 1 atom stereocenters. The van der Waals surface area contributed by atoms with E-state index in [9.17, 15) is 4.79 Å². The Balaban J connectivity index is 1.60. The molecule has 5 nitrogen and oxygen atoms in total. The number of amides is 1. The number of carbonyl (C=O) groups excluding carboxylic acids is 1. The van der Waals surface area contributed by atoms with Crippen LogP contribution in [0.25, 0.3) is 6.08 Å². The number of ether oxygens (including phenoxy) is 3. The molecule has 1 N–H and O–H groups in total. The minimum absolute atomic E-state index is 0.132. The monoisotopic (exact) mass is 325 g/mol. The summed E-state index contributed by atoms with van der Waals surface area (Å²) in [5.41, 5.74) is 1.90. The van der Waals surface area contributed by atoms with Crippen LogP contribution in [0.15, 0.2) is 48.5 Å². The first-order valence-electron chi connectivity index (χ1n) is 7.68. The first-order valence-corrected chi connectivity index (χ1v) is 7.68. The maximum Gasteiger partial charge on any atom is 0.244 e. The molecule has 1 amide bonds. The topological polar surface area (TPSA) is 56.8 Å². The molecule has 24 heavy (non-hydrogen) atoms. The Morgan fingerprint density at radius 2 is 1.92 bits per heavy atom. The largest absolute Gasteiger partial charge is 0.497 e. The van der Waals surface area contributed by atoms with Crippen molar-refractivity contribution in [3.05, 3.63) is 59.7 Å². The van der Waals surface area contributed by atoms with Gasteiger partial charge in [-0.25, -0.2) is 0 Å². The third kappa shape index (κ3) is 3.68. The lowest BCUT2D eigenvalue weighted by molar-refractivity contribution is -0.117. The Morgan fingerprint density at radius 1 is 1.17 bits per heavy atom. The maximum absolute atomic E-state index is 12.1. The lowest BCUT2D eigenvalue weighted by Crippen LogP contribution is -2.24. The van der Waals surface area contributed by atoms with Gasteiger partial charge in [0.2, 0.25) is 12.7 Å². The van der Waals surface area contributed by atoms with Gasteiger partial charge in [0.25, 0.3) is 0 Å². The second kappa shape index (κ2) is 7.08. The van der Waals surface area contributed by atoms with Gasteiger partial charge in [-0.05, 0) is 48.4 Å². The van der Waals surface area contributed by atoms with Gasteiger partial charge in [0, 0.05) is 6.08 Å². The second-order valence-electron chi connectivity index (χ2n) is 5.45. The molecular weight excluding hydrogens is 306 g/mol. The number of benzene rings is 2. The van der Waals surface area contributed by atoms with Crippen LogP contribution in [0.1, 0.15) is 24.1 Å². The van der Waals surface area contributed by atoms with E-state index in [1.807, 2.05) is 49.4 Å². The number of nitrogens with one attached hydrogen (secondary N) is 1. The van der Waals surface area contributed by atoms with Crippen molar-refractivity contribution in [3.63, 3.8) is 0 Å². The van der Waals surface area contributed by atoms with Crippen molar-refractivity contribution in [2.75, 3.05) is 13.9 Å². The third-order valence-electron chi connectivity index (χ3n) is 3.80. The number of carbonyl (C=O) groups is 1. The molecular formula is C19H19NO4. The van der Waals surface area contributed by atoms with E-state index in [0.29, 0.717) is 5.75 Å². The lowest BCUT2D eigenvalue weighted by Gasteiger charge is -2.13. The van der Waals surface area contributed by atoms with Crippen LogP contribution in [0, 0.1) is 0 Å². The molecule has 0 aliphatic carbocycles. The van der Waals surface area contributed by atoms with Crippen molar-refractivity contribution in [1.29, 1.82) is 0 Å². The van der Waals surface area contributed by atoms with Crippen LogP contribution >= 0.6 is 0 Å². The Bertz CT molecular complexity index is 752. The summed E-state index contributed by atoms with van der Waals surface area (Å²) in [6, 6.07) is 13.0. The fraction of sp³-hybridized carbons (Fsp3) is 0.211. The fourth-order valence-electron chi connectivity index (χ4n) is 2.41. The molecule has 0 bridgehead atoms. The summed E-state index contributed by atoms with van der Waals surface area (Å²) in [5, 5.41) is 2.93. The van der Waals surface area contributed by atoms with E-state index in [-0.39, 0.29) is 18.7 Å². The number of rotatable bonds is 5. The molecule has 0 saturated carbocycles. The Kier molecular flexibility index (Phi) is 4.70. The van der Waals surface area contributed by atoms with Gasteiger partial charge in [-0.1, -0.05) is 18.2 Å². The summed E-state index contributed by atoms with van der Waals surface area (Å²) in [4.78, 5) is 12.1. The minimum Gasteiger partial charge on any atom is -0.497 e. The van der Waals surface area contributed by atoms with E-state index in [2.05, 4.69) is 5.32 Å². The van der Waals surface area contributed by atoms with Crippen molar-refractivity contribution < 1.29 is 19.0 Å². The first-order chi connectivity index (χ1) is 11.7. The van der Waals surface area contributed by atoms with Gasteiger partial charge in [0.1, 0.15) is 5.75 Å². The van der Waals surface area contributed by atoms with E-state index in [1.165, 1.54) is 6.08 Å². The van der Waals surface area contributed by atoms with Crippen molar-refractivity contribution in [1.82, 2.24) is 5.32 Å². The van der Waals surface area contributed by atoms with Gasteiger partial charge >= 0.3 is 0 Å². The Labute approximate surface area is 140 Å². The number of hydrogen-bond donors (Lipinski definition) is 1. The summed E-state index contributed by atoms with van der Waals surface area (Å²) < 4.78 is 15.8. The first kappa shape index (κ1) is 15.9. The Morgan fingerprint density at radius 3 is 2.67 bits per heavy atom. The minimum atomic E-state index is -0.156. The normalized spacial score (nSPS) is 13.8. The van der Waals surface area contributed by atoms with Gasteiger partial charge < -0.3 is 19.5 Å². The summed E-state index contributed by atoms with van der Waals surface area (Å²) >= 11 is 0. The van der Waals surface area contributed by atoms with Crippen molar-refractivity contribution in [3.8, 4) is 17.2 Å². The van der Waals surface area contributed by atoms with Crippen molar-refractivity contribution >= 4 is 12.0 Å². The van der Waals surface area contributed by atoms with Crippen LogP contribution in [-0.4, -0.2) is 19.8 Å². The predicted molar refractivity (Wildman–Crippen MR) is 91.2 cm³/mol. The van der Waals surface area contributed by atoms with E-state index < -0.39 is 0 Å². The molecule has 0 fully saturated rings. The van der Waals surface area contributed by atoms with Crippen molar-refractivity contribution in [2.45, 2.75) is 13.0 Å². The molecule has 0 saturated heterocycles. The molecule has 1 heterocycles. The van der Waals surface area contributed by atoms with Gasteiger partial charge in [-0.15, -0.1) is 0 Å². The summed E-state index contributed by atoms with van der Waals surface area (Å²) in [5.74, 6) is 2.07. The molecule has 124 valence electrons. The van der Waals surface area contributed by atoms with Crippen LogP contribution < -0.4 is 19.5 Å². The zero-order valence-electron chi connectivity index (χ0n) is 13.6. The zero-order valence-corrected chi connectivity index (χ0v) is 13.6. The number of hydrogen-bond acceptors (Lipinski definition) is 4. The summed E-state index contributed by atoms with van der Waals surface area (Å²) in [6.45, 7) is 2.17. The van der Waals surface area contributed by atoms with Crippen LogP contribution in [0.5, 0.6) is 17.2 Å². The van der Waals surface area contributed by atoms with E-state index in [1.54, 1.807) is 13.2 Å². The highest BCUT2D eigenvalue weighted by Gasteiger charge is 2.16. The fourth-order valence-corrected chi connectivity index (χ4v) is 2.41. The van der Waals surface area contributed by atoms with Crippen LogP contribution in [0.4, 0.5) is 0 Å². The SMILES string of the molecule is COc1ccc(/C=C/C(=O)NC(C)c2ccc3c(c2)OCO3)cc1. The molecule has 1 unspecified atom stereocenters. The van der Waals surface area contributed by atoms with E-state index >= 15 is 0 Å². The molecule has 0 radical (unpaired) electrons. The molecule has 2 aromatic carbocycles. The molecule has 0 spiro atoms. The molecule has 5 heteroatoms. The van der Waals surface area contributed by atoms with Gasteiger partial charge in [-0.2, -0.15) is 0 Å². The smallest absolute Gasteiger partial charge is 0.244 e. The highest BCUT2D eigenvalue weighted by atomic mass is 16.7. The van der Waals surface area contributed by atoms with Crippen molar-refractivity contribution in [2.24, 2.45) is 0 Å². The quantitative estimate of drug-likeness (QED) is 0.857. The van der Waals surface area contributed by atoms with Crippen LogP contribution in [0.3, 0.4) is 0 Å². The zero-order chi connectivity index (χ0) is 16.9. The molecule has 2 aromatic rings. The Hall–Kier alpha value is -2.95. The average molecular weight is 325 g/mol. The average Bonchev–Trinajstić information content (AvgIpc) is 3.08. The molecule has 3 rings (SSSR count). The number of methoxy groups -OCH3 is 1. The van der Waals surface area contributed by atoms with Crippen LogP contribution in [-0.2, 0) is 4.79 Å². The predicted octanol–water partition coefficient (Wildman–Crippen LogP) is 3.31. The van der Waals surface area contributed by atoms with Gasteiger partial charge in [0.15, 0.2) is 11.5 Å². The molecule has 0 aromatic heterocycles.